The second kappa shape index (κ2) is 4.71. The summed E-state index contributed by atoms with van der Waals surface area (Å²) in [5, 5.41) is 2.75. The molecule has 0 bridgehead atoms. The third kappa shape index (κ3) is 2.74. The average molecular weight is 295 g/mol. The van der Waals surface area contributed by atoms with Crippen molar-refractivity contribution in [2.75, 3.05) is 5.32 Å². The molecule has 0 radical (unpaired) electrons. The normalized spacial score (nSPS) is 10.3. The summed E-state index contributed by atoms with van der Waals surface area (Å²) in [6.07, 6.45) is 0. The van der Waals surface area contributed by atoms with Crippen LogP contribution in [0.2, 0.25) is 0 Å². The molecule has 2 rings (SSSR count). The van der Waals surface area contributed by atoms with Crippen LogP contribution in [0.25, 0.3) is 0 Å². The van der Waals surface area contributed by atoms with Gasteiger partial charge in [0, 0.05) is 5.69 Å². The van der Waals surface area contributed by atoms with Crippen LogP contribution in [0, 0.1) is 13.8 Å². The fourth-order valence-corrected chi connectivity index (χ4v) is 1.75. The number of rotatable bonds is 2. The minimum absolute atomic E-state index is 0.261. The van der Waals surface area contributed by atoms with Crippen LogP contribution in [0.5, 0.6) is 0 Å². The number of halogens is 1. The smallest absolute Gasteiger partial charge is 0.291 e. The summed E-state index contributed by atoms with van der Waals surface area (Å²) in [4.78, 5) is 16.1. The number of hydrogen-bond donors (Lipinski definition) is 1. The van der Waals surface area contributed by atoms with Crippen LogP contribution < -0.4 is 5.32 Å². The van der Waals surface area contributed by atoms with Crippen molar-refractivity contribution in [2.45, 2.75) is 13.8 Å². The van der Waals surface area contributed by atoms with Crippen LogP contribution in [0.3, 0.4) is 0 Å². The van der Waals surface area contributed by atoms with E-state index in [9.17, 15) is 4.79 Å². The van der Waals surface area contributed by atoms with Gasteiger partial charge in [-0.2, -0.15) is 0 Å². The Labute approximate surface area is 107 Å². The second-order valence-corrected chi connectivity index (χ2v) is 4.43. The molecule has 2 heterocycles. The van der Waals surface area contributed by atoms with Gasteiger partial charge in [0.2, 0.25) is 0 Å². The number of aryl methyl sites for hydroxylation is 2. The zero-order valence-corrected chi connectivity index (χ0v) is 11.0. The van der Waals surface area contributed by atoms with E-state index in [0.29, 0.717) is 10.4 Å². The van der Waals surface area contributed by atoms with Gasteiger partial charge >= 0.3 is 0 Å². The molecule has 88 valence electrons. The molecule has 2 aromatic rings. The van der Waals surface area contributed by atoms with Crippen LogP contribution in [0.4, 0.5) is 5.69 Å². The van der Waals surface area contributed by atoms with E-state index in [2.05, 4.69) is 26.2 Å². The number of nitrogens with zero attached hydrogens (tertiary/aromatic N) is 1. The number of pyridine rings is 1. The Balaban J connectivity index is 2.18. The van der Waals surface area contributed by atoms with E-state index in [4.69, 9.17) is 4.42 Å². The summed E-state index contributed by atoms with van der Waals surface area (Å²) in [6, 6.07) is 6.96. The quantitative estimate of drug-likeness (QED) is 0.924. The summed E-state index contributed by atoms with van der Waals surface area (Å²) in [7, 11) is 0. The lowest BCUT2D eigenvalue weighted by Gasteiger charge is -2.06. The van der Waals surface area contributed by atoms with Crippen LogP contribution >= 0.6 is 15.9 Å². The molecule has 1 amide bonds. The van der Waals surface area contributed by atoms with Gasteiger partial charge in [-0.05, 0) is 54.0 Å². The number of anilines is 1. The highest BCUT2D eigenvalue weighted by Gasteiger charge is 2.11. The SMILES string of the molecule is Cc1ccc(NC(=O)c2ccc(Br)o2)c(C)n1. The maximum Gasteiger partial charge on any atom is 0.291 e. The van der Waals surface area contributed by atoms with Gasteiger partial charge in [0.1, 0.15) is 0 Å². The molecule has 0 aliphatic rings. The molecule has 0 aromatic carbocycles. The van der Waals surface area contributed by atoms with Gasteiger partial charge in [0.25, 0.3) is 5.91 Å². The summed E-state index contributed by atoms with van der Waals surface area (Å²) in [5.74, 6) is -0.0266. The number of amides is 1. The van der Waals surface area contributed by atoms with Crippen LogP contribution in [0.15, 0.2) is 33.4 Å². The van der Waals surface area contributed by atoms with Crippen LogP contribution in [0.1, 0.15) is 21.9 Å². The van der Waals surface area contributed by atoms with Crippen molar-refractivity contribution in [3.8, 4) is 0 Å². The second-order valence-electron chi connectivity index (χ2n) is 3.64. The summed E-state index contributed by atoms with van der Waals surface area (Å²) in [6.45, 7) is 3.75. The molecule has 0 atom stereocenters. The summed E-state index contributed by atoms with van der Waals surface area (Å²) >= 11 is 3.15. The largest absolute Gasteiger partial charge is 0.444 e. The van der Waals surface area contributed by atoms with Crippen molar-refractivity contribution in [3.05, 3.63) is 46.1 Å². The third-order valence-corrected chi connectivity index (χ3v) is 2.70. The van der Waals surface area contributed by atoms with E-state index >= 15 is 0 Å². The van der Waals surface area contributed by atoms with Gasteiger partial charge in [-0.15, -0.1) is 0 Å². The van der Waals surface area contributed by atoms with Crippen LogP contribution in [-0.2, 0) is 0 Å². The lowest BCUT2D eigenvalue weighted by Crippen LogP contribution is -2.12. The Hall–Kier alpha value is -1.62. The third-order valence-electron chi connectivity index (χ3n) is 2.27. The monoisotopic (exact) mass is 294 g/mol. The molecule has 17 heavy (non-hydrogen) atoms. The first-order valence-corrected chi connectivity index (χ1v) is 5.86. The molecular formula is C12H11BrN2O2. The Morgan fingerprint density at radius 2 is 2.06 bits per heavy atom. The van der Waals surface area contributed by atoms with Gasteiger partial charge < -0.3 is 9.73 Å². The van der Waals surface area contributed by atoms with E-state index < -0.39 is 0 Å². The zero-order chi connectivity index (χ0) is 12.4. The summed E-state index contributed by atoms with van der Waals surface area (Å²) in [5.41, 5.74) is 2.39. The van der Waals surface area contributed by atoms with Crippen LogP contribution in [-0.4, -0.2) is 10.9 Å². The molecule has 0 saturated heterocycles. The number of carbonyl (C=O) groups is 1. The highest BCUT2D eigenvalue weighted by molar-refractivity contribution is 9.10. The van der Waals surface area contributed by atoms with Crippen molar-refractivity contribution in [1.29, 1.82) is 0 Å². The standard InChI is InChI=1S/C12H11BrN2O2/c1-7-3-4-9(8(2)14-7)15-12(16)10-5-6-11(13)17-10/h3-6H,1-2H3,(H,15,16). The lowest BCUT2D eigenvalue weighted by atomic mass is 10.2. The molecule has 0 fully saturated rings. The summed E-state index contributed by atoms with van der Waals surface area (Å²) < 4.78 is 5.69. The van der Waals surface area contributed by atoms with Crippen molar-refractivity contribution >= 4 is 27.5 Å². The molecule has 0 aliphatic carbocycles. The van der Waals surface area contributed by atoms with E-state index in [0.717, 1.165) is 11.4 Å². The minimum Gasteiger partial charge on any atom is -0.444 e. The average Bonchev–Trinajstić information content (AvgIpc) is 2.69. The molecule has 0 aliphatic heterocycles. The molecule has 5 heteroatoms. The number of hydrogen-bond acceptors (Lipinski definition) is 3. The first kappa shape index (κ1) is 11.9. The highest BCUT2D eigenvalue weighted by atomic mass is 79.9. The zero-order valence-electron chi connectivity index (χ0n) is 9.45. The van der Waals surface area contributed by atoms with E-state index in [1.165, 1.54) is 0 Å². The van der Waals surface area contributed by atoms with E-state index in [1.54, 1.807) is 12.1 Å². The first-order valence-electron chi connectivity index (χ1n) is 5.07. The maximum atomic E-state index is 11.8. The van der Waals surface area contributed by atoms with Crippen molar-refractivity contribution < 1.29 is 9.21 Å². The number of aromatic nitrogens is 1. The van der Waals surface area contributed by atoms with Gasteiger partial charge in [0.05, 0.1) is 11.4 Å². The topological polar surface area (TPSA) is 55.1 Å². The number of nitrogens with one attached hydrogen (secondary N) is 1. The van der Waals surface area contributed by atoms with Gasteiger partial charge in [0.15, 0.2) is 10.4 Å². The fraction of sp³-hybridized carbons (Fsp3) is 0.167. The molecule has 0 spiro atoms. The van der Waals surface area contributed by atoms with Crippen molar-refractivity contribution in [1.82, 2.24) is 4.98 Å². The Morgan fingerprint density at radius 1 is 1.29 bits per heavy atom. The van der Waals surface area contributed by atoms with Crippen molar-refractivity contribution in [2.24, 2.45) is 0 Å². The van der Waals surface area contributed by atoms with E-state index in [1.807, 2.05) is 26.0 Å². The fourth-order valence-electron chi connectivity index (χ4n) is 1.44. The molecule has 0 unspecified atom stereocenters. The lowest BCUT2D eigenvalue weighted by molar-refractivity contribution is 0.0995. The Bertz CT molecular complexity index is 563. The predicted octanol–water partition coefficient (Wildman–Crippen LogP) is 3.31. The molecule has 1 N–H and O–H groups in total. The molecule has 2 aromatic heterocycles. The van der Waals surface area contributed by atoms with Crippen molar-refractivity contribution in [3.63, 3.8) is 0 Å². The first-order chi connectivity index (χ1) is 8.06. The minimum atomic E-state index is -0.288. The number of carbonyl (C=O) groups excluding carboxylic acids is 1. The molecule has 0 saturated carbocycles. The predicted molar refractivity (Wildman–Crippen MR) is 68.1 cm³/mol. The number of furan rings is 1. The molecular weight excluding hydrogens is 284 g/mol. The maximum absolute atomic E-state index is 11.8. The van der Waals surface area contributed by atoms with Gasteiger partial charge in [-0.1, -0.05) is 0 Å². The molecule has 4 nitrogen and oxygen atoms in total. The Morgan fingerprint density at radius 3 is 2.65 bits per heavy atom. The highest BCUT2D eigenvalue weighted by Crippen LogP contribution is 2.17. The Kier molecular flexibility index (Phi) is 3.28. The van der Waals surface area contributed by atoms with E-state index in [-0.39, 0.29) is 11.7 Å². The van der Waals surface area contributed by atoms with Gasteiger partial charge in [-0.25, -0.2) is 0 Å². The van der Waals surface area contributed by atoms with Gasteiger partial charge in [-0.3, -0.25) is 9.78 Å².